The van der Waals surface area contributed by atoms with Crippen molar-refractivity contribution in [3.05, 3.63) is 94.0 Å². The van der Waals surface area contributed by atoms with Crippen LogP contribution in [0.25, 0.3) is 0 Å². The Bertz CT molecular complexity index is 1530. The summed E-state index contributed by atoms with van der Waals surface area (Å²) in [4.78, 5) is 46.3. The zero-order valence-electron chi connectivity index (χ0n) is 22.0. The Morgan fingerprint density at radius 1 is 0.927 bits per heavy atom. The number of hydrogen-bond acceptors (Lipinski definition) is 7. The highest BCUT2D eigenvalue weighted by Crippen LogP contribution is 2.24. The van der Waals surface area contributed by atoms with E-state index in [2.05, 4.69) is 21.3 Å². The average Bonchev–Trinajstić information content (AvgIpc) is 2.91. The minimum Gasteiger partial charge on any atom is -0.481 e. The number of carbonyl (C=O) groups is 3. The zero-order chi connectivity index (χ0) is 30.0. The number of hydrogen-bond donors (Lipinski definition) is 5. The van der Waals surface area contributed by atoms with Gasteiger partial charge >= 0.3 is 18.0 Å². The van der Waals surface area contributed by atoms with Crippen LogP contribution < -0.4 is 21.3 Å². The summed E-state index contributed by atoms with van der Waals surface area (Å²) in [5.41, 5.74) is 1.11. The molecule has 41 heavy (non-hydrogen) atoms. The third-order valence-electron chi connectivity index (χ3n) is 5.72. The van der Waals surface area contributed by atoms with Crippen molar-refractivity contribution in [2.24, 2.45) is 0 Å². The molecule has 3 aromatic carbocycles. The van der Waals surface area contributed by atoms with Crippen molar-refractivity contribution in [1.82, 2.24) is 10.6 Å². The van der Waals surface area contributed by atoms with Gasteiger partial charge in [-0.2, -0.15) is 0 Å². The lowest BCUT2D eigenvalue weighted by Gasteiger charge is -2.19. The smallest absolute Gasteiger partial charge is 0.319 e. The van der Waals surface area contributed by atoms with Crippen molar-refractivity contribution in [2.45, 2.75) is 36.5 Å². The van der Waals surface area contributed by atoms with Gasteiger partial charge in [-0.25, -0.2) is 18.0 Å². The molecule has 14 heteroatoms. The van der Waals surface area contributed by atoms with E-state index in [-0.39, 0.29) is 16.3 Å². The van der Waals surface area contributed by atoms with Gasteiger partial charge in [-0.05, 0) is 47.9 Å². The molecule has 0 fully saturated rings. The van der Waals surface area contributed by atoms with Crippen LogP contribution in [0.2, 0.25) is 0 Å². The number of carbonyl (C=O) groups excluding carboxylic acids is 2. The summed E-state index contributed by atoms with van der Waals surface area (Å²) in [5.74, 6) is -1.61. The Balaban J connectivity index is 1.75. The number of amides is 4. The molecular formula is C27H29N5O8S. The lowest BCUT2D eigenvalue weighted by Crippen LogP contribution is -2.33. The number of carboxylic acid groups (broad SMARTS) is 1. The highest BCUT2D eigenvalue weighted by molar-refractivity contribution is 7.90. The van der Waals surface area contributed by atoms with E-state index in [0.717, 1.165) is 6.42 Å². The molecule has 0 spiro atoms. The molecule has 13 nitrogen and oxygen atoms in total. The highest BCUT2D eigenvalue weighted by Gasteiger charge is 2.21. The molecule has 0 saturated carbocycles. The Kier molecular flexibility index (Phi) is 10.4. The van der Waals surface area contributed by atoms with E-state index in [1.54, 1.807) is 24.3 Å². The highest BCUT2D eigenvalue weighted by atomic mass is 32.2. The van der Waals surface area contributed by atoms with E-state index in [1.807, 2.05) is 6.92 Å². The number of anilines is 2. The largest absolute Gasteiger partial charge is 0.481 e. The van der Waals surface area contributed by atoms with Crippen LogP contribution in [-0.2, 0) is 20.4 Å². The first-order valence-corrected chi connectivity index (χ1v) is 14.1. The molecule has 5 N–H and O–H groups in total. The first-order valence-electron chi connectivity index (χ1n) is 12.5. The van der Waals surface area contributed by atoms with Crippen molar-refractivity contribution in [3.8, 4) is 0 Å². The van der Waals surface area contributed by atoms with Gasteiger partial charge in [0, 0.05) is 30.1 Å². The third kappa shape index (κ3) is 9.32. The van der Waals surface area contributed by atoms with Crippen molar-refractivity contribution < 1.29 is 32.8 Å². The van der Waals surface area contributed by atoms with E-state index in [1.165, 1.54) is 48.5 Å². The summed E-state index contributed by atoms with van der Waals surface area (Å²) < 4.78 is 26.3. The predicted molar refractivity (Wildman–Crippen MR) is 151 cm³/mol. The summed E-state index contributed by atoms with van der Waals surface area (Å²) in [5, 5.41) is 30.5. The topological polar surface area (TPSA) is 197 Å². The molecule has 4 amide bonds. The van der Waals surface area contributed by atoms with Crippen LogP contribution in [0.5, 0.6) is 0 Å². The molecule has 3 rings (SSSR count). The molecule has 0 heterocycles. The van der Waals surface area contributed by atoms with Gasteiger partial charge in [-0.15, -0.1) is 0 Å². The first kappa shape index (κ1) is 30.6. The standard InChI is InChI=1S/C27H29N5O8S/c1-2-13-28-26(35)30-21-7-4-8-23(15-21)41(39,40)17-18-5-3-6-19(14-18)24(16-25(33)34)31-27(36)29-20-9-11-22(12-10-20)32(37)38/h3-12,14-15,24H,2,13,16-17H2,1H3,(H,33,34)(H2,28,30,35)(H2,29,31,36)/t24-/m1/s1. The lowest BCUT2D eigenvalue weighted by molar-refractivity contribution is -0.384. The van der Waals surface area contributed by atoms with Crippen molar-refractivity contribution in [1.29, 1.82) is 0 Å². The van der Waals surface area contributed by atoms with Crippen LogP contribution in [0.3, 0.4) is 0 Å². The van der Waals surface area contributed by atoms with Crippen molar-refractivity contribution >= 4 is 44.9 Å². The van der Waals surface area contributed by atoms with Crippen LogP contribution in [-0.4, -0.2) is 43.0 Å². The van der Waals surface area contributed by atoms with Gasteiger partial charge in [0.05, 0.1) is 28.0 Å². The Morgan fingerprint density at radius 2 is 1.61 bits per heavy atom. The summed E-state index contributed by atoms with van der Waals surface area (Å²) in [6.07, 6.45) is 0.256. The lowest BCUT2D eigenvalue weighted by atomic mass is 10.0. The van der Waals surface area contributed by atoms with E-state index < -0.39 is 51.0 Å². The molecular weight excluding hydrogens is 554 g/mol. The van der Waals surface area contributed by atoms with Crippen LogP contribution >= 0.6 is 0 Å². The Hall–Kier alpha value is -4.98. The van der Waals surface area contributed by atoms with Gasteiger partial charge < -0.3 is 26.4 Å². The number of urea groups is 2. The van der Waals surface area contributed by atoms with Crippen molar-refractivity contribution in [3.63, 3.8) is 0 Å². The second-order valence-corrected chi connectivity index (χ2v) is 11.0. The van der Waals surface area contributed by atoms with Gasteiger partial charge in [-0.1, -0.05) is 37.3 Å². The number of benzene rings is 3. The SMILES string of the molecule is CCCNC(=O)Nc1cccc(S(=O)(=O)Cc2cccc([C@@H](CC(=O)O)NC(=O)Nc3ccc([N+](=O)[O-])cc3)c2)c1. The predicted octanol–water partition coefficient (Wildman–Crippen LogP) is 4.44. The molecule has 0 radical (unpaired) electrons. The Morgan fingerprint density at radius 3 is 2.27 bits per heavy atom. The van der Waals surface area contributed by atoms with E-state index in [9.17, 15) is 38.0 Å². The normalized spacial score (nSPS) is 11.6. The molecule has 0 bridgehead atoms. The van der Waals surface area contributed by atoms with E-state index >= 15 is 0 Å². The summed E-state index contributed by atoms with van der Waals surface area (Å²) in [7, 11) is -3.86. The number of aliphatic carboxylic acids is 1. The fourth-order valence-corrected chi connectivity index (χ4v) is 5.18. The first-order chi connectivity index (χ1) is 19.5. The van der Waals surface area contributed by atoms with Gasteiger partial charge in [0.15, 0.2) is 9.84 Å². The molecule has 0 aliphatic carbocycles. The molecule has 0 unspecified atom stereocenters. The maximum absolute atomic E-state index is 13.2. The van der Waals surface area contributed by atoms with Gasteiger partial charge in [0.2, 0.25) is 0 Å². The number of nitrogens with one attached hydrogen (secondary N) is 4. The quantitative estimate of drug-likeness (QED) is 0.152. The maximum atomic E-state index is 13.2. The second-order valence-electron chi connectivity index (χ2n) is 8.97. The molecule has 216 valence electrons. The molecule has 3 aromatic rings. The van der Waals surface area contributed by atoms with Gasteiger partial charge in [0.1, 0.15) is 0 Å². The van der Waals surface area contributed by atoms with E-state index in [4.69, 9.17) is 0 Å². The Labute approximate surface area is 236 Å². The minimum atomic E-state index is -3.86. The fourth-order valence-electron chi connectivity index (χ4n) is 3.80. The number of nitro groups is 1. The van der Waals surface area contributed by atoms with Crippen LogP contribution in [0.4, 0.5) is 26.7 Å². The fraction of sp³-hybridized carbons (Fsp3) is 0.222. The monoisotopic (exact) mass is 583 g/mol. The summed E-state index contributed by atoms with van der Waals surface area (Å²) in [6.45, 7) is 2.37. The number of nitrogens with zero attached hydrogens (tertiary/aromatic N) is 1. The summed E-state index contributed by atoms with van der Waals surface area (Å²) in [6, 6.07) is 14.9. The van der Waals surface area contributed by atoms with Crippen LogP contribution in [0.15, 0.2) is 77.7 Å². The van der Waals surface area contributed by atoms with Crippen LogP contribution in [0, 0.1) is 10.1 Å². The third-order valence-corrected chi connectivity index (χ3v) is 7.40. The second kappa shape index (κ2) is 13.9. The number of carboxylic acids is 1. The molecule has 1 atom stereocenters. The zero-order valence-corrected chi connectivity index (χ0v) is 22.8. The molecule has 0 aliphatic rings. The number of sulfone groups is 1. The van der Waals surface area contributed by atoms with Crippen molar-refractivity contribution in [2.75, 3.05) is 17.2 Å². The molecule has 0 aliphatic heterocycles. The summed E-state index contributed by atoms with van der Waals surface area (Å²) >= 11 is 0. The maximum Gasteiger partial charge on any atom is 0.319 e. The average molecular weight is 584 g/mol. The molecule has 0 aromatic heterocycles. The minimum absolute atomic E-state index is 0.0149. The number of rotatable bonds is 12. The van der Waals surface area contributed by atoms with Gasteiger partial charge in [0.25, 0.3) is 5.69 Å². The molecule has 0 saturated heterocycles. The van der Waals surface area contributed by atoms with Gasteiger partial charge in [-0.3, -0.25) is 14.9 Å². The van der Waals surface area contributed by atoms with E-state index in [0.29, 0.717) is 23.4 Å². The van der Waals surface area contributed by atoms with Crippen LogP contribution in [0.1, 0.15) is 36.9 Å². The number of nitro benzene ring substituents is 1. The number of non-ortho nitro benzene ring substituents is 1.